The van der Waals surface area contributed by atoms with Crippen molar-refractivity contribution in [2.45, 2.75) is 127 Å². The molecule has 6 rings (SSSR count). The third-order valence-electron chi connectivity index (χ3n) is 10.7. The summed E-state index contributed by atoms with van der Waals surface area (Å²) >= 11 is 0. The van der Waals surface area contributed by atoms with Crippen LogP contribution in [0.4, 0.5) is 4.79 Å². The number of rotatable bonds is 13. The molecule has 2 heterocycles. The summed E-state index contributed by atoms with van der Waals surface area (Å²) in [5, 5.41) is 4.93. The van der Waals surface area contributed by atoms with Crippen LogP contribution >= 0.6 is 0 Å². The number of ether oxygens (including phenoxy) is 3. The van der Waals surface area contributed by atoms with Gasteiger partial charge in [0.1, 0.15) is 41.3 Å². The average Bonchev–Trinajstić information content (AvgIpc) is 3.99. The number of amides is 4. The van der Waals surface area contributed by atoms with Crippen molar-refractivity contribution in [1.82, 2.24) is 30.2 Å². The molecule has 4 aliphatic rings. The number of aromatic nitrogens is 2. The molecule has 1 aromatic heterocycles. The molecule has 294 valence electrons. The molecule has 5 atom stereocenters. The van der Waals surface area contributed by atoms with Gasteiger partial charge in [-0.05, 0) is 62.5 Å². The molecule has 0 radical (unpaired) electrons. The molecule has 0 bridgehead atoms. The van der Waals surface area contributed by atoms with Crippen LogP contribution in [0.15, 0.2) is 30.9 Å². The molecule has 2 aromatic rings. The minimum Gasteiger partial charge on any atom is -0.497 e. The first-order chi connectivity index (χ1) is 25.4. The van der Waals surface area contributed by atoms with Crippen LogP contribution in [0, 0.1) is 11.3 Å². The number of likely N-dealkylation sites (tertiary alicyclic amines) is 1. The van der Waals surface area contributed by atoms with Gasteiger partial charge in [-0.25, -0.2) is 23.2 Å². The normalized spacial score (nSPS) is 24.9. The van der Waals surface area contributed by atoms with E-state index in [1.54, 1.807) is 46.1 Å². The van der Waals surface area contributed by atoms with Crippen molar-refractivity contribution in [2.24, 2.45) is 11.3 Å². The van der Waals surface area contributed by atoms with Gasteiger partial charge in [-0.1, -0.05) is 40.7 Å². The lowest BCUT2D eigenvalue weighted by Gasteiger charge is -2.35. The Morgan fingerprint density at radius 2 is 1.74 bits per heavy atom. The molecular formula is C38H52N6O9S. The maximum Gasteiger partial charge on any atom is 0.408 e. The van der Waals surface area contributed by atoms with Gasteiger partial charge < -0.3 is 29.7 Å². The molecule has 3 aliphatic carbocycles. The molecule has 4 fully saturated rings. The quantitative estimate of drug-likeness (QED) is 0.251. The van der Waals surface area contributed by atoms with Crippen molar-refractivity contribution >= 4 is 44.9 Å². The number of carbonyl (C=O) groups is 4. The van der Waals surface area contributed by atoms with Crippen LogP contribution < -0.4 is 24.8 Å². The van der Waals surface area contributed by atoms with Crippen molar-refractivity contribution in [3.8, 4) is 11.6 Å². The Morgan fingerprint density at radius 1 is 1.04 bits per heavy atom. The van der Waals surface area contributed by atoms with E-state index in [1.165, 1.54) is 11.0 Å². The zero-order chi connectivity index (χ0) is 39.2. The lowest BCUT2D eigenvalue weighted by atomic mass is 9.85. The Kier molecular flexibility index (Phi) is 10.9. The van der Waals surface area contributed by atoms with Gasteiger partial charge in [0.05, 0.1) is 29.9 Å². The molecule has 1 aromatic carbocycles. The molecule has 1 unspecified atom stereocenters. The number of alkyl carbamates (subject to hydrolysis) is 1. The van der Waals surface area contributed by atoms with Gasteiger partial charge in [0.25, 0.3) is 5.91 Å². The molecule has 15 nitrogen and oxygen atoms in total. The highest BCUT2D eigenvalue weighted by Gasteiger charge is 2.62. The van der Waals surface area contributed by atoms with E-state index in [2.05, 4.69) is 21.9 Å². The first-order valence-electron chi connectivity index (χ1n) is 18.8. The van der Waals surface area contributed by atoms with Crippen molar-refractivity contribution in [3.05, 3.63) is 36.5 Å². The van der Waals surface area contributed by atoms with Gasteiger partial charge in [-0.2, -0.15) is 0 Å². The van der Waals surface area contributed by atoms with Crippen LogP contribution in [0.1, 0.15) is 97.6 Å². The third-order valence-corrected chi connectivity index (χ3v) is 12.6. The minimum absolute atomic E-state index is 0.00709. The van der Waals surface area contributed by atoms with Gasteiger partial charge in [0, 0.05) is 24.3 Å². The van der Waals surface area contributed by atoms with Crippen LogP contribution in [0.5, 0.6) is 11.6 Å². The molecule has 1 saturated heterocycles. The van der Waals surface area contributed by atoms with Crippen molar-refractivity contribution in [1.29, 1.82) is 0 Å². The van der Waals surface area contributed by atoms with Crippen molar-refractivity contribution in [3.63, 3.8) is 0 Å². The van der Waals surface area contributed by atoms with Gasteiger partial charge in [-0.3, -0.25) is 19.1 Å². The number of benzene rings is 1. The maximum absolute atomic E-state index is 14.6. The highest BCUT2D eigenvalue weighted by Crippen LogP contribution is 2.45. The Hall–Kier alpha value is -4.47. The number of nitrogens with one attached hydrogen (secondary N) is 3. The van der Waals surface area contributed by atoms with Gasteiger partial charge in [0.2, 0.25) is 27.7 Å². The summed E-state index contributed by atoms with van der Waals surface area (Å²) < 4.78 is 45.2. The van der Waals surface area contributed by atoms with E-state index in [9.17, 15) is 27.6 Å². The van der Waals surface area contributed by atoms with E-state index in [1.807, 2.05) is 13.8 Å². The predicted octanol–water partition coefficient (Wildman–Crippen LogP) is 3.86. The van der Waals surface area contributed by atoms with E-state index in [0.717, 1.165) is 25.7 Å². The number of fused-ring (bicyclic) bond motifs is 1. The summed E-state index contributed by atoms with van der Waals surface area (Å²) in [6, 6.07) is 3.08. The topological polar surface area (TPSA) is 195 Å². The zero-order valence-electron chi connectivity index (χ0n) is 31.8. The molecule has 4 amide bonds. The second-order valence-corrected chi connectivity index (χ2v) is 18.3. The Labute approximate surface area is 316 Å². The number of hydrogen-bond donors (Lipinski definition) is 3. The number of methoxy groups -OCH3 is 1. The Morgan fingerprint density at radius 3 is 2.33 bits per heavy atom. The van der Waals surface area contributed by atoms with Gasteiger partial charge in [-0.15, -0.1) is 6.58 Å². The largest absolute Gasteiger partial charge is 0.497 e. The first-order valence-corrected chi connectivity index (χ1v) is 20.3. The number of carbonyl (C=O) groups excluding carboxylic acids is 4. The lowest BCUT2D eigenvalue weighted by Crippen LogP contribution is -2.60. The fourth-order valence-corrected chi connectivity index (χ4v) is 8.66. The number of nitrogens with zero attached hydrogens (tertiary/aromatic N) is 3. The van der Waals surface area contributed by atoms with E-state index in [4.69, 9.17) is 24.2 Å². The van der Waals surface area contributed by atoms with Crippen LogP contribution in [0.3, 0.4) is 0 Å². The van der Waals surface area contributed by atoms with Crippen molar-refractivity contribution < 1.29 is 41.8 Å². The predicted molar refractivity (Wildman–Crippen MR) is 199 cm³/mol. The third kappa shape index (κ3) is 8.27. The van der Waals surface area contributed by atoms with Crippen LogP contribution in [0.25, 0.3) is 11.0 Å². The first kappa shape index (κ1) is 39.2. The summed E-state index contributed by atoms with van der Waals surface area (Å²) in [7, 11) is -2.35. The van der Waals surface area contributed by atoms with Crippen molar-refractivity contribution in [2.75, 3.05) is 13.7 Å². The average molecular weight is 769 g/mol. The zero-order valence-corrected chi connectivity index (χ0v) is 32.7. The minimum atomic E-state index is -3.91. The summed E-state index contributed by atoms with van der Waals surface area (Å²) in [5.74, 6) is -1.84. The molecular weight excluding hydrogens is 717 g/mol. The smallest absolute Gasteiger partial charge is 0.408 e. The van der Waals surface area contributed by atoms with Crippen LogP contribution in [-0.4, -0.2) is 95.8 Å². The fraction of sp³-hybridized carbons (Fsp3) is 0.632. The van der Waals surface area contributed by atoms with E-state index in [0.29, 0.717) is 35.3 Å². The Balaban J connectivity index is 1.30. The molecule has 16 heteroatoms. The van der Waals surface area contributed by atoms with Gasteiger partial charge in [0.15, 0.2) is 0 Å². The second kappa shape index (κ2) is 15.0. The summed E-state index contributed by atoms with van der Waals surface area (Å²) in [6.45, 7) is 13.0. The molecule has 0 spiro atoms. The van der Waals surface area contributed by atoms with E-state index < -0.39 is 74.1 Å². The second-order valence-electron chi connectivity index (χ2n) is 16.3. The number of hydrogen-bond acceptors (Lipinski definition) is 11. The van der Waals surface area contributed by atoms with E-state index >= 15 is 0 Å². The molecule has 54 heavy (non-hydrogen) atoms. The lowest BCUT2D eigenvalue weighted by molar-refractivity contribution is -0.143. The molecule has 3 N–H and O–H groups in total. The highest BCUT2D eigenvalue weighted by atomic mass is 32.2. The monoisotopic (exact) mass is 768 g/mol. The SMILES string of the molecule is C=CC1C[C@]1(NC(=O)[C@@H]1C[C@@H](Oc2nc3cc(OC)ccc3nc2C(C)C)CN1C(=O)[C@@H](NC(=O)OC1CCCC1)C(C)(C)C)C(=O)NS(=O)(=O)C1CC1. The highest BCUT2D eigenvalue weighted by molar-refractivity contribution is 7.91. The number of sulfonamides is 1. The molecule has 3 saturated carbocycles. The standard InChI is InChI=1S/C38H52N6O9S/c1-8-22-19-38(22,35(47)43-54(49,50)26-14-15-26)42-32(45)29-18-25(52-33-30(21(2)3)39-27-16-13-24(51-7)17-28(27)40-33)20-44(29)34(46)31(37(4,5)6)41-36(48)53-23-11-9-10-12-23/h8,13,16-17,21-23,25-26,29,31H,1,9-12,14-15,18-20H2,2-7H3,(H,41,48)(H,42,45)(H,43,47)/t22?,25-,29+,31-,38-/m1/s1. The molecule has 1 aliphatic heterocycles. The fourth-order valence-electron chi connectivity index (χ4n) is 7.30. The van der Waals surface area contributed by atoms with Crippen LogP contribution in [0.2, 0.25) is 0 Å². The summed E-state index contributed by atoms with van der Waals surface area (Å²) in [4.78, 5) is 66.6. The summed E-state index contributed by atoms with van der Waals surface area (Å²) in [5.41, 5.74) is -0.604. The van der Waals surface area contributed by atoms with Crippen LogP contribution in [-0.2, 0) is 29.1 Å². The maximum atomic E-state index is 14.6. The summed E-state index contributed by atoms with van der Waals surface area (Å²) in [6.07, 6.45) is 4.28. The Bertz CT molecular complexity index is 1920. The van der Waals surface area contributed by atoms with E-state index in [-0.39, 0.29) is 37.3 Å². The van der Waals surface area contributed by atoms with Gasteiger partial charge >= 0.3 is 6.09 Å².